The Labute approximate surface area is 171 Å². The number of nitrogen functional groups attached to an aromatic ring is 1. The number of nitro groups is 1. The number of nitrogens with one attached hydrogen (secondary N) is 1. The third-order valence-electron chi connectivity index (χ3n) is 4.36. The molecule has 0 aliphatic carbocycles. The van der Waals surface area contributed by atoms with Crippen LogP contribution < -0.4 is 11.1 Å². The maximum absolute atomic E-state index is 12.3. The van der Waals surface area contributed by atoms with Crippen LogP contribution in [0, 0.1) is 24.0 Å². The maximum atomic E-state index is 12.3. The fraction of sp³-hybridized carbons (Fsp3) is 0.150. The summed E-state index contributed by atoms with van der Waals surface area (Å²) in [6.45, 7) is 3.02. The molecule has 154 valence electrons. The summed E-state index contributed by atoms with van der Waals surface area (Å²) in [5.74, 6) is -1.41. The van der Waals surface area contributed by atoms with Gasteiger partial charge >= 0.3 is 5.97 Å². The Hall–Kier alpha value is -4.21. The van der Waals surface area contributed by atoms with Gasteiger partial charge in [0.15, 0.2) is 6.61 Å². The number of para-hydroxylation sites is 1. The smallest absolute Gasteiger partial charge is 0.340 e. The largest absolute Gasteiger partial charge is 0.452 e. The van der Waals surface area contributed by atoms with Gasteiger partial charge in [-0.15, -0.1) is 0 Å². The van der Waals surface area contributed by atoms with Gasteiger partial charge in [0, 0.05) is 12.1 Å². The molecule has 3 aromatic rings. The number of amides is 1. The SMILES string of the molecule is Cc1nn(-c2ccccc2)c(C)c1NC(=O)COC(=O)c1ccc([N+](=O)[O-])cc1N. The minimum absolute atomic E-state index is 0.0577. The first-order valence-corrected chi connectivity index (χ1v) is 8.90. The highest BCUT2D eigenvalue weighted by atomic mass is 16.6. The summed E-state index contributed by atoms with van der Waals surface area (Å²) in [7, 11) is 0. The summed E-state index contributed by atoms with van der Waals surface area (Å²) in [5.41, 5.74) is 7.96. The predicted octanol–water partition coefficient (Wildman–Crippen LogP) is 2.78. The number of aryl methyl sites for hydroxylation is 1. The van der Waals surface area contributed by atoms with Gasteiger partial charge in [-0.3, -0.25) is 14.9 Å². The fourth-order valence-corrected chi connectivity index (χ4v) is 2.88. The lowest BCUT2D eigenvalue weighted by Crippen LogP contribution is -2.22. The maximum Gasteiger partial charge on any atom is 0.340 e. The number of rotatable bonds is 6. The normalized spacial score (nSPS) is 10.5. The standard InChI is InChI=1S/C20H19N5O5/c1-12-19(13(2)24(23-12)14-6-4-3-5-7-14)22-18(26)11-30-20(27)16-9-8-15(25(28)29)10-17(16)21/h3-10H,11,21H2,1-2H3,(H,22,26). The highest BCUT2D eigenvalue weighted by Gasteiger charge is 2.19. The average molecular weight is 409 g/mol. The number of hydrogen-bond acceptors (Lipinski definition) is 7. The molecule has 0 bridgehead atoms. The Morgan fingerprint density at radius 3 is 2.53 bits per heavy atom. The molecule has 1 heterocycles. The molecular weight excluding hydrogens is 390 g/mol. The van der Waals surface area contributed by atoms with Crippen LogP contribution in [-0.4, -0.2) is 33.2 Å². The van der Waals surface area contributed by atoms with Crippen LogP contribution in [0.4, 0.5) is 17.1 Å². The quantitative estimate of drug-likeness (QED) is 0.276. The summed E-state index contributed by atoms with van der Waals surface area (Å²) in [5, 5.41) is 17.9. The van der Waals surface area contributed by atoms with Crippen LogP contribution in [0.5, 0.6) is 0 Å². The first-order chi connectivity index (χ1) is 14.3. The molecule has 2 aromatic carbocycles. The van der Waals surface area contributed by atoms with Crippen LogP contribution in [-0.2, 0) is 9.53 Å². The Morgan fingerprint density at radius 2 is 1.90 bits per heavy atom. The minimum Gasteiger partial charge on any atom is -0.452 e. The monoisotopic (exact) mass is 409 g/mol. The second-order valence-electron chi connectivity index (χ2n) is 6.45. The van der Waals surface area contributed by atoms with E-state index in [2.05, 4.69) is 10.4 Å². The molecule has 0 spiro atoms. The van der Waals surface area contributed by atoms with Gasteiger partial charge in [-0.2, -0.15) is 5.10 Å². The van der Waals surface area contributed by atoms with Crippen LogP contribution in [0.2, 0.25) is 0 Å². The Morgan fingerprint density at radius 1 is 1.20 bits per heavy atom. The third kappa shape index (κ3) is 4.27. The van der Waals surface area contributed by atoms with Crippen LogP contribution in [0.15, 0.2) is 48.5 Å². The number of nitrogens with zero attached hydrogens (tertiary/aromatic N) is 3. The van der Waals surface area contributed by atoms with Gasteiger partial charge in [0.1, 0.15) is 0 Å². The molecule has 0 radical (unpaired) electrons. The molecule has 3 rings (SSSR count). The van der Waals surface area contributed by atoms with Gasteiger partial charge in [-0.05, 0) is 32.0 Å². The molecule has 3 N–H and O–H groups in total. The summed E-state index contributed by atoms with van der Waals surface area (Å²) in [6, 6.07) is 12.8. The number of nitrogens with two attached hydrogens (primary N) is 1. The number of aromatic nitrogens is 2. The number of anilines is 2. The van der Waals surface area contributed by atoms with Crippen LogP contribution in [0.3, 0.4) is 0 Å². The van der Waals surface area contributed by atoms with Gasteiger partial charge in [-0.25, -0.2) is 9.48 Å². The Bertz CT molecular complexity index is 1120. The van der Waals surface area contributed by atoms with E-state index < -0.39 is 23.4 Å². The summed E-state index contributed by atoms with van der Waals surface area (Å²) < 4.78 is 6.69. The van der Waals surface area contributed by atoms with Crippen molar-refractivity contribution in [1.82, 2.24) is 9.78 Å². The molecule has 10 nitrogen and oxygen atoms in total. The van der Waals surface area contributed by atoms with E-state index in [4.69, 9.17) is 10.5 Å². The lowest BCUT2D eigenvalue weighted by molar-refractivity contribution is -0.384. The lowest BCUT2D eigenvalue weighted by atomic mass is 10.1. The molecule has 0 unspecified atom stereocenters. The van der Waals surface area contributed by atoms with E-state index in [0.717, 1.165) is 23.5 Å². The van der Waals surface area contributed by atoms with Crippen molar-refractivity contribution in [3.8, 4) is 5.69 Å². The van der Waals surface area contributed by atoms with Crippen molar-refractivity contribution in [2.24, 2.45) is 0 Å². The zero-order chi connectivity index (χ0) is 21.8. The molecule has 1 amide bonds. The van der Waals surface area contributed by atoms with E-state index in [-0.39, 0.29) is 16.9 Å². The highest BCUT2D eigenvalue weighted by Crippen LogP contribution is 2.23. The van der Waals surface area contributed by atoms with E-state index in [1.54, 1.807) is 11.6 Å². The van der Waals surface area contributed by atoms with E-state index in [9.17, 15) is 19.7 Å². The Kier molecular flexibility index (Phi) is 5.77. The van der Waals surface area contributed by atoms with Crippen molar-refractivity contribution in [3.05, 3.63) is 75.6 Å². The van der Waals surface area contributed by atoms with Crippen LogP contribution in [0.25, 0.3) is 5.69 Å². The number of carbonyl (C=O) groups is 2. The third-order valence-corrected chi connectivity index (χ3v) is 4.36. The molecule has 0 atom stereocenters. The number of benzene rings is 2. The summed E-state index contributed by atoms with van der Waals surface area (Å²) in [6.07, 6.45) is 0. The number of hydrogen-bond donors (Lipinski definition) is 2. The molecule has 0 saturated carbocycles. The minimum atomic E-state index is -0.856. The number of non-ortho nitro benzene ring substituents is 1. The van der Waals surface area contributed by atoms with Gasteiger partial charge in [0.25, 0.3) is 11.6 Å². The molecule has 1 aromatic heterocycles. The molecular formula is C20H19N5O5. The lowest BCUT2D eigenvalue weighted by Gasteiger charge is -2.09. The number of esters is 1. The highest BCUT2D eigenvalue weighted by molar-refractivity contribution is 5.98. The van der Waals surface area contributed by atoms with E-state index in [1.807, 2.05) is 37.3 Å². The molecule has 30 heavy (non-hydrogen) atoms. The summed E-state index contributed by atoms with van der Waals surface area (Å²) in [4.78, 5) is 34.6. The number of nitro benzene ring substituents is 1. The molecule has 0 saturated heterocycles. The number of carbonyl (C=O) groups excluding carboxylic acids is 2. The van der Waals surface area contributed by atoms with Gasteiger partial charge in [-0.1, -0.05) is 18.2 Å². The van der Waals surface area contributed by atoms with Crippen LogP contribution >= 0.6 is 0 Å². The van der Waals surface area contributed by atoms with Crippen molar-refractivity contribution >= 4 is 28.9 Å². The zero-order valence-electron chi connectivity index (χ0n) is 16.3. The van der Waals surface area contributed by atoms with E-state index >= 15 is 0 Å². The van der Waals surface area contributed by atoms with Gasteiger partial charge < -0.3 is 15.8 Å². The van der Waals surface area contributed by atoms with Gasteiger partial charge in [0.2, 0.25) is 0 Å². The first-order valence-electron chi connectivity index (χ1n) is 8.90. The molecule has 0 aliphatic rings. The van der Waals surface area contributed by atoms with Crippen molar-refractivity contribution in [2.75, 3.05) is 17.7 Å². The van der Waals surface area contributed by atoms with E-state index in [0.29, 0.717) is 11.4 Å². The molecule has 0 fully saturated rings. The topological polar surface area (TPSA) is 142 Å². The second-order valence-corrected chi connectivity index (χ2v) is 6.45. The second kappa shape index (κ2) is 8.43. The van der Waals surface area contributed by atoms with Crippen molar-refractivity contribution in [3.63, 3.8) is 0 Å². The first kappa shape index (κ1) is 20.5. The van der Waals surface area contributed by atoms with Gasteiger partial charge in [0.05, 0.1) is 38.9 Å². The fourth-order valence-electron chi connectivity index (χ4n) is 2.88. The van der Waals surface area contributed by atoms with E-state index in [1.165, 1.54) is 6.07 Å². The average Bonchev–Trinajstić information content (AvgIpc) is 3.00. The zero-order valence-corrected chi connectivity index (χ0v) is 16.3. The summed E-state index contributed by atoms with van der Waals surface area (Å²) >= 11 is 0. The van der Waals surface area contributed by atoms with Crippen molar-refractivity contribution < 1.29 is 19.2 Å². The predicted molar refractivity (Wildman–Crippen MR) is 109 cm³/mol. The Balaban J connectivity index is 1.66. The molecule has 10 heteroatoms. The number of ether oxygens (including phenoxy) is 1. The van der Waals surface area contributed by atoms with Crippen molar-refractivity contribution in [1.29, 1.82) is 0 Å². The molecule has 0 aliphatic heterocycles. The van der Waals surface area contributed by atoms with Crippen molar-refractivity contribution in [2.45, 2.75) is 13.8 Å². The van der Waals surface area contributed by atoms with Crippen LogP contribution in [0.1, 0.15) is 21.7 Å².